The molecule has 2 atom stereocenters. The maximum atomic E-state index is 12.0. The molecule has 0 aromatic rings. The van der Waals surface area contributed by atoms with Crippen molar-refractivity contribution in [3.63, 3.8) is 0 Å². The van der Waals surface area contributed by atoms with E-state index in [0.717, 1.165) is 19.4 Å². The van der Waals surface area contributed by atoms with E-state index in [-0.39, 0.29) is 16.7 Å². The second-order valence-corrected chi connectivity index (χ2v) is 6.51. The maximum absolute atomic E-state index is 12.0. The van der Waals surface area contributed by atoms with E-state index in [4.69, 9.17) is 5.73 Å². The molecule has 4 heteroatoms. The van der Waals surface area contributed by atoms with Gasteiger partial charge in [0.1, 0.15) is 0 Å². The smallest absolute Gasteiger partial charge is 0.241 e. The van der Waals surface area contributed by atoms with Crippen LogP contribution in [0, 0.1) is 0 Å². The Morgan fingerprint density at radius 2 is 2.21 bits per heavy atom. The van der Waals surface area contributed by atoms with E-state index in [0.29, 0.717) is 5.37 Å². The fourth-order valence-corrected chi connectivity index (χ4v) is 3.75. The quantitative estimate of drug-likeness (QED) is 0.658. The molecule has 2 fully saturated rings. The molecule has 0 aromatic heterocycles. The first-order chi connectivity index (χ1) is 6.52. The van der Waals surface area contributed by atoms with Crippen molar-refractivity contribution in [2.45, 2.75) is 49.3 Å². The van der Waals surface area contributed by atoms with Gasteiger partial charge in [0.2, 0.25) is 5.91 Å². The van der Waals surface area contributed by atoms with Crippen molar-refractivity contribution in [3.8, 4) is 0 Å². The van der Waals surface area contributed by atoms with Crippen LogP contribution in [0.3, 0.4) is 0 Å². The Hall–Kier alpha value is -0.220. The second-order valence-electron chi connectivity index (χ2n) is 4.68. The van der Waals surface area contributed by atoms with Crippen LogP contribution < -0.4 is 5.73 Å². The maximum Gasteiger partial charge on any atom is 0.241 e. The zero-order valence-corrected chi connectivity index (χ0v) is 9.64. The predicted molar refractivity (Wildman–Crippen MR) is 59.0 cm³/mol. The molecule has 0 aliphatic carbocycles. The van der Waals surface area contributed by atoms with Gasteiger partial charge in [-0.25, -0.2) is 0 Å². The molecule has 2 aliphatic heterocycles. The average Bonchev–Trinajstić information content (AvgIpc) is 2.14. The van der Waals surface area contributed by atoms with Gasteiger partial charge in [0, 0.05) is 11.3 Å². The Labute approximate surface area is 89.4 Å². The van der Waals surface area contributed by atoms with E-state index in [1.54, 1.807) is 0 Å². The predicted octanol–water partition coefficient (Wildman–Crippen LogP) is 1.18. The van der Waals surface area contributed by atoms with Crippen LogP contribution >= 0.6 is 11.8 Å². The van der Waals surface area contributed by atoms with Crippen molar-refractivity contribution >= 4 is 17.7 Å². The van der Waals surface area contributed by atoms with Gasteiger partial charge in [-0.2, -0.15) is 0 Å². The zero-order valence-electron chi connectivity index (χ0n) is 8.82. The highest BCUT2D eigenvalue weighted by Crippen LogP contribution is 2.41. The van der Waals surface area contributed by atoms with E-state index in [9.17, 15) is 4.79 Å². The fourth-order valence-electron chi connectivity index (χ4n) is 2.18. The van der Waals surface area contributed by atoms with Crippen LogP contribution in [0.15, 0.2) is 0 Å². The van der Waals surface area contributed by atoms with Gasteiger partial charge >= 0.3 is 0 Å². The molecule has 3 nitrogen and oxygen atoms in total. The minimum absolute atomic E-state index is 0.102. The van der Waals surface area contributed by atoms with E-state index < -0.39 is 0 Å². The fraction of sp³-hybridized carbons (Fsp3) is 0.900. The van der Waals surface area contributed by atoms with E-state index >= 15 is 0 Å². The summed E-state index contributed by atoms with van der Waals surface area (Å²) in [4.78, 5) is 13.9. The highest BCUT2D eigenvalue weighted by Gasteiger charge is 2.45. The van der Waals surface area contributed by atoms with Crippen LogP contribution in [0.25, 0.3) is 0 Å². The van der Waals surface area contributed by atoms with Crippen LogP contribution in [-0.4, -0.2) is 33.5 Å². The molecule has 1 amide bonds. The minimum Gasteiger partial charge on any atom is -0.329 e. The summed E-state index contributed by atoms with van der Waals surface area (Å²) in [6, 6.07) is -0.332. The van der Waals surface area contributed by atoms with E-state index in [2.05, 4.69) is 13.8 Å². The molecule has 2 N–H and O–H groups in total. The van der Waals surface area contributed by atoms with Crippen LogP contribution in [0.2, 0.25) is 0 Å². The first-order valence-electron chi connectivity index (χ1n) is 5.26. The number of carbonyl (C=O) groups excluding carboxylic acids is 1. The second kappa shape index (κ2) is 3.42. The molecule has 80 valence electrons. The standard InChI is InChI=1S/C10H18N2OS/c1-10(2)8(11)9(13)12-6-4-3-5-7(12)14-10/h7-8H,3-6,11H2,1-2H3. The first kappa shape index (κ1) is 10.3. The van der Waals surface area contributed by atoms with Gasteiger partial charge in [-0.1, -0.05) is 0 Å². The van der Waals surface area contributed by atoms with Crippen LogP contribution in [0.1, 0.15) is 33.1 Å². The van der Waals surface area contributed by atoms with E-state index in [1.165, 1.54) is 6.42 Å². The summed E-state index contributed by atoms with van der Waals surface area (Å²) in [6.07, 6.45) is 3.51. The first-order valence-corrected chi connectivity index (χ1v) is 6.14. The van der Waals surface area contributed by atoms with Gasteiger partial charge in [0.05, 0.1) is 11.4 Å². The number of thioether (sulfide) groups is 1. The van der Waals surface area contributed by atoms with Crippen molar-refractivity contribution < 1.29 is 4.79 Å². The number of hydrogen-bond donors (Lipinski definition) is 1. The normalized spacial score (nSPS) is 36.8. The zero-order chi connectivity index (χ0) is 10.3. The van der Waals surface area contributed by atoms with Crippen LogP contribution in [-0.2, 0) is 4.79 Å². The van der Waals surface area contributed by atoms with Crippen molar-refractivity contribution in [2.75, 3.05) is 6.54 Å². The molecule has 2 saturated heterocycles. The lowest BCUT2D eigenvalue weighted by atomic mass is 10.0. The summed E-state index contributed by atoms with van der Waals surface area (Å²) in [5.74, 6) is 0.151. The summed E-state index contributed by atoms with van der Waals surface area (Å²) in [5.41, 5.74) is 5.95. The number of rotatable bonds is 0. The summed E-state index contributed by atoms with van der Waals surface area (Å²) < 4.78 is -0.102. The molecule has 2 heterocycles. The van der Waals surface area contributed by atoms with Gasteiger partial charge in [-0.15, -0.1) is 11.8 Å². The van der Waals surface area contributed by atoms with Gasteiger partial charge in [0.15, 0.2) is 0 Å². The summed E-state index contributed by atoms with van der Waals surface area (Å²) in [5, 5.41) is 0.381. The van der Waals surface area contributed by atoms with Gasteiger partial charge in [-0.3, -0.25) is 4.79 Å². The molecule has 2 aliphatic rings. The molecule has 2 unspecified atom stereocenters. The molecule has 2 rings (SSSR count). The molecular formula is C10H18N2OS. The topological polar surface area (TPSA) is 46.3 Å². The largest absolute Gasteiger partial charge is 0.329 e. The Kier molecular flexibility index (Phi) is 2.52. The van der Waals surface area contributed by atoms with E-state index in [1.807, 2.05) is 16.7 Å². The Balaban J connectivity index is 2.20. The Bertz CT molecular complexity index is 255. The van der Waals surface area contributed by atoms with Crippen molar-refractivity contribution in [1.82, 2.24) is 4.90 Å². The number of hydrogen-bond acceptors (Lipinski definition) is 3. The molecule has 0 bridgehead atoms. The number of nitrogens with zero attached hydrogens (tertiary/aromatic N) is 1. The summed E-state index contributed by atoms with van der Waals surface area (Å²) in [7, 11) is 0. The lowest BCUT2D eigenvalue weighted by Gasteiger charge is -2.48. The van der Waals surface area contributed by atoms with Crippen molar-refractivity contribution in [1.29, 1.82) is 0 Å². The third-order valence-electron chi connectivity index (χ3n) is 3.19. The monoisotopic (exact) mass is 214 g/mol. The molecule has 0 aromatic carbocycles. The summed E-state index contributed by atoms with van der Waals surface area (Å²) >= 11 is 1.86. The van der Waals surface area contributed by atoms with Crippen molar-refractivity contribution in [2.24, 2.45) is 5.73 Å². The number of piperidine rings is 1. The molecular weight excluding hydrogens is 196 g/mol. The lowest BCUT2D eigenvalue weighted by molar-refractivity contribution is -0.135. The Morgan fingerprint density at radius 3 is 2.93 bits per heavy atom. The Morgan fingerprint density at radius 1 is 1.50 bits per heavy atom. The van der Waals surface area contributed by atoms with Gasteiger partial charge in [-0.05, 0) is 33.1 Å². The number of carbonyl (C=O) groups is 1. The molecule has 14 heavy (non-hydrogen) atoms. The number of nitrogens with two attached hydrogens (primary N) is 1. The third-order valence-corrected chi connectivity index (χ3v) is 4.81. The lowest BCUT2D eigenvalue weighted by Crippen LogP contribution is -2.62. The summed E-state index contributed by atoms with van der Waals surface area (Å²) in [6.45, 7) is 5.05. The van der Waals surface area contributed by atoms with Crippen molar-refractivity contribution in [3.05, 3.63) is 0 Å². The number of amides is 1. The molecule has 0 spiro atoms. The van der Waals surface area contributed by atoms with Gasteiger partial charge in [0.25, 0.3) is 0 Å². The van der Waals surface area contributed by atoms with Crippen LogP contribution in [0.5, 0.6) is 0 Å². The molecule has 0 radical (unpaired) electrons. The van der Waals surface area contributed by atoms with Gasteiger partial charge < -0.3 is 10.6 Å². The highest BCUT2D eigenvalue weighted by molar-refractivity contribution is 8.01. The van der Waals surface area contributed by atoms with Crippen LogP contribution in [0.4, 0.5) is 0 Å². The average molecular weight is 214 g/mol. The SMILES string of the molecule is CC1(C)SC2CCCCN2C(=O)C1N. The minimum atomic E-state index is -0.332. The number of fused-ring (bicyclic) bond motifs is 1. The molecule has 0 saturated carbocycles. The highest BCUT2D eigenvalue weighted by atomic mass is 32.2. The third kappa shape index (κ3) is 1.54.